The van der Waals surface area contributed by atoms with Crippen LogP contribution in [0.5, 0.6) is 0 Å². The fourth-order valence-electron chi connectivity index (χ4n) is 2.95. The molecule has 2 aliphatic rings. The highest BCUT2D eigenvalue weighted by atomic mass is 16.5. The Morgan fingerprint density at radius 3 is 2.73 bits per heavy atom. The van der Waals surface area contributed by atoms with Crippen molar-refractivity contribution in [3.8, 4) is 0 Å². The number of ketones is 2. The molecule has 0 bridgehead atoms. The summed E-state index contributed by atoms with van der Waals surface area (Å²) >= 11 is 0. The molecule has 2 saturated carbocycles. The van der Waals surface area contributed by atoms with Crippen molar-refractivity contribution in [2.45, 2.75) is 25.7 Å². The second-order valence-electron chi connectivity index (χ2n) is 4.36. The Morgan fingerprint density at radius 2 is 2.07 bits per heavy atom. The first kappa shape index (κ1) is 10.3. The van der Waals surface area contributed by atoms with Gasteiger partial charge in [0.25, 0.3) is 5.78 Å². The summed E-state index contributed by atoms with van der Waals surface area (Å²) < 4.78 is 4.38. The van der Waals surface area contributed by atoms with Gasteiger partial charge < -0.3 is 4.74 Å². The van der Waals surface area contributed by atoms with E-state index in [0.717, 1.165) is 19.3 Å². The van der Waals surface area contributed by atoms with Crippen molar-refractivity contribution in [1.29, 1.82) is 0 Å². The zero-order valence-corrected chi connectivity index (χ0v) is 8.69. The first-order valence-corrected chi connectivity index (χ1v) is 5.30. The Hall–Kier alpha value is -1.19. The van der Waals surface area contributed by atoms with E-state index in [4.69, 9.17) is 0 Å². The SMILES string of the molecule is COC(=O)C(=O)C1C(=O)CC2CCCC21. The Morgan fingerprint density at radius 1 is 1.33 bits per heavy atom. The van der Waals surface area contributed by atoms with Gasteiger partial charge in [0.1, 0.15) is 5.78 Å². The minimum Gasteiger partial charge on any atom is -0.463 e. The molecule has 0 aromatic heterocycles. The number of esters is 1. The normalized spacial score (nSPS) is 33.9. The predicted molar refractivity (Wildman–Crippen MR) is 51.0 cm³/mol. The highest BCUT2D eigenvalue weighted by molar-refractivity contribution is 6.38. The average molecular weight is 210 g/mol. The molecule has 4 nitrogen and oxygen atoms in total. The molecular formula is C11H14O4. The lowest BCUT2D eigenvalue weighted by Gasteiger charge is -2.13. The summed E-state index contributed by atoms with van der Waals surface area (Å²) in [6, 6.07) is 0. The third kappa shape index (κ3) is 1.58. The predicted octanol–water partition coefficient (Wildman–Crippen LogP) is 0.734. The number of carbonyl (C=O) groups excluding carboxylic acids is 3. The highest BCUT2D eigenvalue weighted by Crippen LogP contribution is 2.46. The van der Waals surface area contributed by atoms with Gasteiger partial charge in [-0.05, 0) is 24.7 Å². The molecule has 0 spiro atoms. The maximum Gasteiger partial charge on any atom is 0.375 e. The molecule has 0 N–H and O–H groups in total. The zero-order valence-electron chi connectivity index (χ0n) is 8.69. The first-order valence-electron chi connectivity index (χ1n) is 5.30. The van der Waals surface area contributed by atoms with Crippen LogP contribution in [0.25, 0.3) is 0 Å². The summed E-state index contributed by atoms with van der Waals surface area (Å²) in [5.41, 5.74) is 0. The number of ether oxygens (including phenoxy) is 1. The largest absolute Gasteiger partial charge is 0.463 e. The topological polar surface area (TPSA) is 60.4 Å². The standard InChI is InChI=1S/C11H14O4/c1-15-11(14)10(13)9-7-4-2-3-6(7)5-8(9)12/h6-7,9H,2-5H2,1H3. The van der Waals surface area contributed by atoms with Crippen molar-refractivity contribution < 1.29 is 19.1 Å². The van der Waals surface area contributed by atoms with Crippen LogP contribution in [0.3, 0.4) is 0 Å². The molecule has 0 saturated heterocycles. The van der Waals surface area contributed by atoms with Crippen LogP contribution in [0.4, 0.5) is 0 Å². The van der Waals surface area contributed by atoms with E-state index in [-0.39, 0.29) is 11.7 Å². The van der Waals surface area contributed by atoms with Crippen LogP contribution in [0, 0.1) is 17.8 Å². The lowest BCUT2D eigenvalue weighted by molar-refractivity contribution is -0.155. The van der Waals surface area contributed by atoms with Crippen LogP contribution >= 0.6 is 0 Å². The monoisotopic (exact) mass is 210 g/mol. The number of carbonyl (C=O) groups is 3. The van der Waals surface area contributed by atoms with E-state index in [9.17, 15) is 14.4 Å². The second-order valence-corrected chi connectivity index (χ2v) is 4.36. The van der Waals surface area contributed by atoms with Gasteiger partial charge in [-0.2, -0.15) is 0 Å². The molecule has 0 aliphatic heterocycles. The van der Waals surface area contributed by atoms with E-state index in [1.54, 1.807) is 0 Å². The molecular weight excluding hydrogens is 196 g/mol. The number of rotatable bonds is 2. The van der Waals surface area contributed by atoms with Crippen molar-refractivity contribution in [3.05, 3.63) is 0 Å². The van der Waals surface area contributed by atoms with Crippen LogP contribution < -0.4 is 0 Å². The molecule has 2 fully saturated rings. The van der Waals surface area contributed by atoms with Crippen LogP contribution in [-0.2, 0) is 19.1 Å². The van der Waals surface area contributed by atoms with E-state index in [1.807, 2.05) is 0 Å². The van der Waals surface area contributed by atoms with Gasteiger partial charge >= 0.3 is 5.97 Å². The van der Waals surface area contributed by atoms with Gasteiger partial charge in [0, 0.05) is 6.42 Å². The van der Waals surface area contributed by atoms with E-state index >= 15 is 0 Å². The van der Waals surface area contributed by atoms with E-state index in [0.29, 0.717) is 12.3 Å². The molecule has 2 aliphatic carbocycles. The summed E-state index contributed by atoms with van der Waals surface area (Å²) in [5.74, 6) is -1.86. The molecule has 3 atom stereocenters. The molecule has 0 heterocycles. The summed E-state index contributed by atoms with van der Waals surface area (Å²) in [4.78, 5) is 34.4. The van der Waals surface area contributed by atoms with Gasteiger partial charge in [0.15, 0.2) is 0 Å². The quantitative estimate of drug-likeness (QED) is 0.383. The summed E-state index contributed by atoms with van der Waals surface area (Å²) in [6.07, 6.45) is 3.44. The van der Waals surface area contributed by atoms with Crippen molar-refractivity contribution in [2.24, 2.45) is 17.8 Å². The van der Waals surface area contributed by atoms with Gasteiger partial charge in [-0.15, -0.1) is 0 Å². The molecule has 15 heavy (non-hydrogen) atoms. The molecule has 0 aromatic rings. The maximum atomic E-state index is 11.6. The number of methoxy groups -OCH3 is 1. The number of Topliss-reactive ketones (excluding diaryl/α,β-unsaturated/α-hetero) is 2. The number of hydrogen-bond acceptors (Lipinski definition) is 4. The Bertz CT molecular complexity index is 321. The maximum absolute atomic E-state index is 11.6. The third-order valence-corrected chi connectivity index (χ3v) is 3.63. The average Bonchev–Trinajstić information content (AvgIpc) is 2.75. The fourth-order valence-corrected chi connectivity index (χ4v) is 2.95. The number of hydrogen-bond donors (Lipinski definition) is 0. The van der Waals surface area contributed by atoms with Crippen molar-refractivity contribution in [2.75, 3.05) is 7.11 Å². The summed E-state index contributed by atoms with van der Waals surface area (Å²) in [5, 5.41) is 0. The molecule has 0 aromatic carbocycles. The Balaban J connectivity index is 2.17. The van der Waals surface area contributed by atoms with Crippen LogP contribution in [0.15, 0.2) is 0 Å². The van der Waals surface area contributed by atoms with E-state index in [2.05, 4.69) is 4.74 Å². The minimum atomic E-state index is -0.874. The molecule has 3 unspecified atom stereocenters. The molecule has 82 valence electrons. The van der Waals surface area contributed by atoms with Crippen LogP contribution in [-0.4, -0.2) is 24.6 Å². The number of fused-ring (bicyclic) bond motifs is 1. The summed E-state index contributed by atoms with van der Waals surface area (Å²) in [6.45, 7) is 0. The lowest BCUT2D eigenvalue weighted by atomic mass is 9.88. The van der Waals surface area contributed by atoms with Gasteiger partial charge in [-0.25, -0.2) is 4.79 Å². The first-order chi connectivity index (χ1) is 7.15. The smallest absolute Gasteiger partial charge is 0.375 e. The lowest BCUT2D eigenvalue weighted by Crippen LogP contribution is -2.31. The molecule has 4 heteroatoms. The Labute approximate surface area is 88.0 Å². The zero-order chi connectivity index (χ0) is 11.0. The van der Waals surface area contributed by atoms with Crippen LogP contribution in [0.2, 0.25) is 0 Å². The van der Waals surface area contributed by atoms with Crippen molar-refractivity contribution >= 4 is 17.5 Å². The van der Waals surface area contributed by atoms with Gasteiger partial charge in [-0.3, -0.25) is 9.59 Å². The molecule has 0 radical (unpaired) electrons. The van der Waals surface area contributed by atoms with E-state index in [1.165, 1.54) is 7.11 Å². The third-order valence-electron chi connectivity index (χ3n) is 3.63. The second kappa shape index (κ2) is 3.76. The van der Waals surface area contributed by atoms with Crippen LogP contribution in [0.1, 0.15) is 25.7 Å². The van der Waals surface area contributed by atoms with Crippen molar-refractivity contribution in [3.63, 3.8) is 0 Å². The van der Waals surface area contributed by atoms with Gasteiger partial charge in [0.2, 0.25) is 0 Å². The summed E-state index contributed by atoms with van der Waals surface area (Å²) in [7, 11) is 1.17. The Kier molecular flexibility index (Phi) is 2.59. The molecule has 0 amide bonds. The minimum absolute atomic E-state index is 0.0694. The fraction of sp³-hybridized carbons (Fsp3) is 0.727. The molecule has 2 rings (SSSR count). The van der Waals surface area contributed by atoms with Crippen molar-refractivity contribution in [1.82, 2.24) is 0 Å². The highest BCUT2D eigenvalue weighted by Gasteiger charge is 2.49. The van der Waals surface area contributed by atoms with Gasteiger partial charge in [0.05, 0.1) is 13.0 Å². The van der Waals surface area contributed by atoms with Gasteiger partial charge in [-0.1, -0.05) is 6.42 Å². The van der Waals surface area contributed by atoms with E-state index < -0.39 is 17.7 Å².